The summed E-state index contributed by atoms with van der Waals surface area (Å²) in [6.07, 6.45) is 8.39. The number of amides is 6. The Balaban J connectivity index is 1.08. The molecule has 0 spiro atoms. The molecule has 3 saturated heterocycles. The molecule has 6 amide bonds. The number of likely N-dealkylation sites (tertiary alicyclic amines) is 2. The minimum absolute atomic E-state index is 0.0154. The molecule has 0 bridgehead atoms. The number of anilines is 1. The molecule has 1 aromatic heterocycles. The van der Waals surface area contributed by atoms with Gasteiger partial charge in [0.05, 0.1) is 0 Å². The van der Waals surface area contributed by atoms with Gasteiger partial charge in [0.2, 0.25) is 0 Å². The van der Waals surface area contributed by atoms with E-state index < -0.39 is 0 Å². The molecular formula is C27H42N8O4. The van der Waals surface area contributed by atoms with Crippen molar-refractivity contribution in [2.24, 2.45) is 0 Å². The molecule has 0 radical (unpaired) electrons. The Morgan fingerprint density at radius 3 is 1.85 bits per heavy atom. The highest BCUT2D eigenvalue weighted by Gasteiger charge is 2.29. The average molecular weight is 543 g/mol. The van der Waals surface area contributed by atoms with Crippen LogP contribution in [0.3, 0.4) is 0 Å². The molecule has 3 aliphatic heterocycles. The van der Waals surface area contributed by atoms with Crippen molar-refractivity contribution in [1.82, 2.24) is 36.1 Å². The largest absolute Gasteiger partial charge is 0.356 e. The van der Waals surface area contributed by atoms with Crippen LogP contribution in [0.1, 0.15) is 51.4 Å². The summed E-state index contributed by atoms with van der Waals surface area (Å²) in [6.45, 7) is 4.63. The number of aromatic nitrogens is 1. The van der Waals surface area contributed by atoms with Crippen molar-refractivity contribution in [3.05, 3.63) is 24.4 Å². The maximum atomic E-state index is 12.8. The summed E-state index contributed by atoms with van der Waals surface area (Å²) in [5, 5.41) is 12.0. The Kier molecular flexibility index (Phi) is 10.6. The lowest BCUT2D eigenvalue weighted by Gasteiger charge is -2.37. The van der Waals surface area contributed by atoms with Gasteiger partial charge in [-0.15, -0.1) is 0 Å². The minimum atomic E-state index is -0.227. The van der Waals surface area contributed by atoms with Gasteiger partial charge in [-0.25, -0.2) is 19.4 Å². The second-order valence-corrected chi connectivity index (χ2v) is 10.6. The van der Waals surface area contributed by atoms with Crippen LogP contribution in [0.25, 0.3) is 0 Å². The van der Waals surface area contributed by atoms with Gasteiger partial charge in [0, 0.05) is 76.6 Å². The second kappa shape index (κ2) is 14.5. The van der Waals surface area contributed by atoms with E-state index in [0.29, 0.717) is 58.4 Å². The highest BCUT2D eigenvalue weighted by atomic mass is 16.2. The number of unbranched alkanes of at least 4 members (excludes halogenated alkanes) is 1. The topological polar surface area (TPSA) is 139 Å². The zero-order valence-corrected chi connectivity index (χ0v) is 22.6. The normalized spacial score (nSPS) is 19.3. The van der Waals surface area contributed by atoms with E-state index in [1.54, 1.807) is 11.1 Å². The van der Waals surface area contributed by atoms with E-state index in [2.05, 4.69) is 31.2 Å². The summed E-state index contributed by atoms with van der Waals surface area (Å²) >= 11 is 0. The Labute approximate surface area is 230 Å². The maximum Gasteiger partial charge on any atom is 0.317 e. The van der Waals surface area contributed by atoms with E-state index in [9.17, 15) is 19.2 Å². The number of hydrogen-bond donors (Lipinski definition) is 4. The van der Waals surface area contributed by atoms with Crippen LogP contribution < -0.4 is 26.2 Å². The molecule has 4 N–H and O–H groups in total. The van der Waals surface area contributed by atoms with Crippen LogP contribution in [0.5, 0.6) is 0 Å². The monoisotopic (exact) mass is 542 g/mol. The number of nitrogens with one attached hydrogen (secondary N) is 4. The third-order valence-electron chi connectivity index (χ3n) is 7.81. The number of rotatable bonds is 8. The predicted molar refractivity (Wildman–Crippen MR) is 148 cm³/mol. The maximum absolute atomic E-state index is 12.8. The first-order valence-corrected chi connectivity index (χ1v) is 14.3. The van der Waals surface area contributed by atoms with Crippen LogP contribution in [0.4, 0.5) is 20.2 Å². The average Bonchev–Trinajstić information content (AvgIpc) is 2.97. The molecule has 39 heavy (non-hydrogen) atoms. The first-order valence-electron chi connectivity index (χ1n) is 14.3. The molecule has 0 aliphatic carbocycles. The van der Waals surface area contributed by atoms with E-state index >= 15 is 0 Å². The fourth-order valence-electron chi connectivity index (χ4n) is 5.40. The number of carbonyl (C=O) groups excluding carboxylic acids is 4. The Morgan fingerprint density at radius 2 is 1.33 bits per heavy atom. The molecule has 4 rings (SSSR count). The number of carbonyl (C=O) groups is 4. The first kappa shape index (κ1) is 28.4. The smallest absolute Gasteiger partial charge is 0.317 e. The summed E-state index contributed by atoms with van der Waals surface area (Å²) in [6, 6.07) is 5.86. The van der Waals surface area contributed by atoms with Crippen molar-refractivity contribution in [3.63, 3.8) is 0 Å². The van der Waals surface area contributed by atoms with Gasteiger partial charge in [0.15, 0.2) is 0 Å². The number of urea groups is 3. The Morgan fingerprint density at radius 1 is 0.795 bits per heavy atom. The van der Waals surface area contributed by atoms with E-state index in [-0.39, 0.29) is 36.2 Å². The van der Waals surface area contributed by atoms with Crippen LogP contribution in [0.15, 0.2) is 24.4 Å². The fraction of sp³-hybridized carbons (Fsp3) is 0.667. The number of nitrogens with zero attached hydrogens (tertiary/aromatic N) is 4. The molecule has 214 valence electrons. The van der Waals surface area contributed by atoms with Crippen molar-refractivity contribution in [3.8, 4) is 0 Å². The summed E-state index contributed by atoms with van der Waals surface area (Å²) in [4.78, 5) is 58.3. The van der Waals surface area contributed by atoms with E-state index in [1.807, 2.05) is 23.1 Å². The van der Waals surface area contributed by atoms with Crippen molar-refractivity contribution in [2.45, 2.75) is 69.5 Å². The predicted octanol–water partition coefficient (Wildman–Crippen LogP) is 1.68. The van der Waals surface area contributed by atoms with E-state index in [1.165, 1.54) is 0 Å². The zero-order chi connectivity index (χ0) is 27.5. The standard InChI is InChI=1S/C27H42N8O4/c36-20-4-3-13-29-25(37)30-21-8-16-34(17-9-21)27(39)32-23-10-18-35(19-11-23)26(38)31-22-6-14-33(15-7-22)24-5-1-2-12-28-24/h1-2,5,12,20-23H,3-4,6-11,13-19H2,(H,31,38)(H,32,39)(H2,29,30,37). The molecule has 0 atom stereocenters. The summed E-state index contributed by atoms with van der Waals surface area (Å²) in [5.74, 6) is 0.985. The van der Waals surface area contributed by atoms with Gasteiger partial charge in [-0.1, -0.05) is 6.07 Å². The van der Waals surface area contributed by atoms with Crippen LogP contribution >= 0.6 is 0 Å². The Bertz CT molecular complexity index is 940. The van der Waals surface area contributed by atoms with Gasteiger partial charge in [0.25, 0.3) is 0 Å². The van der Waals surface area contributed by atoms with Crippen molar-refractivity contribution in [1.29, 1.82) is 0 Å². The van der Waals surface area contributed by atoms with Crippen LogP contribution in [-0.2, 0) is 4.79 Å². The number of pyridine rings is 1. The molecule has 1 aromatic rings. The molecule has 3 aliphatic rings. The van der Waals surface area contributed by atoms with Crippen LogP contribution in [-0.4, -0.2) is 103 Å². The van der Waals surface area contributed by atoms with Crippen molar-refractivity contribution < 1.29 is 19.2 Å². The van der Waals surface area contributed by atoms with Gasteiger partial charge in [0.1, 0.15) is 12.1 Å². The molecular weight excluding hydrogens is 500 g/mol. The molecule has 0 aromatic carbocycles. The van der Waals surface area contributed by atoms with Crippen LogP contribution in [0, 0.1) is 0 Å². The molecule has 4 heterocycles. The highest BCUT2D eigenvalue weighted by Crippen LogP contribution is 2.18. The quantitative estimate of drug-likeness (QED) is 0.291. The Hall–Kier alpha value is -3.57. The van der Waals surface area contributed by atoms with Gasteiger partial charge >= 0.3 is 18.1 Å². The summed E-state index contributed by atoms with van der Waals surface area (Å²) < 4.78 is 0. The van der Waals surface area contributed by atoms with E-state index in [0.717, 1.165) is 50.9 Å². The minimum Gasteiger partial charge on any atom is -0.356 e. The van der Waals surface area contributed by atoms with Gasteiger partial charge in [-0.05, 0) is 57.1 Å². The molecule has 0 unspecified atom stereocenters. The number of aldehydes is 1. The second-order valence-electron chi connectivity index (χ2n) is 10.6. The number of piperidine rings is 3. The zero-order valence-electron chi connectivity index (χ0n) is 22.6. The fourth-order valence-corrected chi connectivity index (χ4v) is 5.40. The SMILES string of the molecule is O=CCCCNC(=O)NC1CCN(C(=O)NC2CCN(C(=O)NC3CCN(c4ccccn4)CC3)CC2)CC1. The lowest BCUT2D eigenvalue weighted by molar-refractivity contribution is -0.107. The van der Waals surface area contributed by atoms with Crippen molar-refractivity contribution in [2.75, 3.05) is 50.7 Å². The van der Waals surface area contributed by atoms with Gasteiger partial charge in [-0.2, -0.15) is 0 Å². The van der Waals surface area contributed by atoms with Crippen LogP contribution in [0.2, 0.25) is 0 Å². The summed E-state index contributed by atoms with van der Waals surface area (Å²) in [7, 11) is 0. The number of hydrogen-bond acceptors (Lipinski definition) is 6. The van der Waals surface area contributed by atoms with Gasteiger partial charge < -0.3 is 40.8 Å². The van der Waals surface area contributed by atoms with Gasteiger partial charge in [-0.3, -0.25) is 0 Å². The molecule has 12 nitrogen and oxygen atoms in total. The first-order chi connectivity index (χ1) is 19.0. The molecule has 12 heteroatoms. The third kappa shape index (κ3) is 8.72. The molecule has 3 fully saturated rings. The third-order valence-corrected chi connectivity index (χ3v) is 7.81. The lowest BCUT2D eigenvalue weighted by atomic mass is 10.0. The van der Waals surface area contributed by atoms with Crippen molar-refractivity contribution >= 4 is 30.2 Å². The summed E-state index contributed by atoms with van der Waals surface area (Å²) in [5.41, 5.74) is 0. The highest BCUT2D eigenvalue weighted by molar-refractivity contribution is 5.76. The van der Waals surface area contributed by atoms with E-state index in [4.69, 9.17) is 0 Å². The molecule has 0 saturated carbocycles. The lowest BCUT2D eigenvalue weighted by Crippen LogP contribution is -2.55.